The number of carbonyl (C=O) groups is 1. The molecule has 0 aromatic heterocycles. The number of fused-ring (bicyclic) bond motifs is 1. The van der Waals surface area contributed by atoms with Gasteiger partial charge in [0.15, 0.2) is 0 Å². The Bertz CT molecular complexity index is 610. The average molecular weight is 274 g/mol. The molecule has 1 N–H and O–H groups in total. The van der Waals surface area contributed by atoms with Crippen LogP contribution in [0.25, 0.3) is 0 Å². The Kier molecular flexibility index (Phi) is 3.13. The number of para-hydroxylation sites is 2. The molecular weight excluding hydrogens is 262 g/mol. The lowest BCUT2D eigenvalue weighted by molar-refractivity contribution is -0.117. The summed E-state index contributed by atoms with van der Waals surface area (Å²) < 4.78 is 5.93. The third-order valence-electron chi connectivity index (χ3n) is 3.04. The molecule has 1 amide bonds. The highest BCUT2D eigenvalue weighted by Gasteiger charge is 2.23. The molecule has 1 heterocycles. The van der Waals surface area contributed by atoms with E-state index in [9.17, 15) is 4.79 Å². The molecule has 19 heavy (non-hydrogen) atoms. The number of carbonyl (C=O) groups excluding carboxylic acids is 1. The highest BCUT2D eigenvalue weighted by atomic mass is 35.5. The monoisotopic (exact) mass is 273 g/mol. The maximum atomic E-state index is 11.9. The van der Waals surface area contributed by atoms with Crippen LogP contribution in [0.3, 0.4) is 0 Å². The third-order valence-corrected chi connectivity index (χ3v) is 3.29. The van der Waals surface area contributed by atoms with Crippen molar-refractivity contribution in [2.45, 2.75) is 12.5 Å². The van der Waals surface area contributed by atoms with Crippen molar-refractivity contribution < 1.29 is 9.53 Å². The lowest BCUT2D eigenvalue weighted by Crippen LogP contribution is -2.14. The van der Waals surface area contributed by atoms with Crippen molar-refractivity contribution in [2.75, 3.05) is 5.32 Å². The van der Waals surface area contributed by atoms with Gasteiger partial charge in [-0.25, -0.2) is 0 Å². The number of hydrogen-bond donors (Lipinski definition) is 1. The number of anilines is 1. The van der Waals surface area contributed by atoms with E-state index in [-0.39, 0.29) is 18.4 Å². The summed E-state index contributed by atoms with van der Waals surface area (Å²) in [6.45, 7) is 0. The van der Waals surface area contributed by atoms with Crippen LogP contribution in [0.4, 0.5) is 5.69 Å². The molecule has 1 unspecified atom stereocenters. The Labute approximate surface area is 116 Å². The van der Waals surface area contributed by atoms with E-state index in [2.05, 4.69) is 5.32 Å². The molecule has 3 rings (SSSR count). The minimum absolute atomic E-state index is 0.0510. The Morgan fingerprint density at radius 3 is 2.63 bits per heavy atom. The number of ether oxygens (including phenoxy) is 1. The Hall–Kier alpha value is -2.00. The Balaban J connectivity index is 1.95. The van der Waals surface area contributed by atoms with Gasteiger partial charge in [0, 0.05) is 5.02 Å². The number of halogens is 1. The van der Waals surface area contributed by atoms with Crippen LogP contribution in [0.5, 0.6) is 5.75 Å². The van der Waals surface area contributed by atoms with E-state index < -0.39 is 0 Å². The molecule has 0 radical (unpaired) electrons. The lowest BCUT2D eigenvalue weighted by Gasteiger charge is -2.16. The predicted octanol–water partition coefficient (Wildman–Crippen LogP) is 3.80. The molecule has 0 bridgehead atoms. The Morgan fingerprint density at radius 2 is 1.84 bits per heavy atom. The van der Waals surface area contributed by atoms with Crippen molar-refractivity contribution >= 4 is 23.2 Å². The van der Waals surface area contributed by atoms with Gasteiger partial charge in [0.1, 0.15) is 11.9 Å². The first-order valence-electron chi connectivity index (χ1n) is 6.03. The molecule has 0 aliphatic carbocycles. The van der Waals surface area contributed by atoms with Crippen LogP contribution in [0, 0.1) is 0 Å². The standard InChI is InChI=1S/C15H12ClNO2/c16-11-7-5-10(6-8-11)14-9-15(18)17-12-3-1-2-4-13(12)19-14/h1-8,14H,9H2,(H,17,18). The second-order valence-electron chi connectivity index (χ2n) is 4.41. The van der Waals surface area contributed by atoms with Crippen molar-refractivity contribution in [3.8, 4) is 5.75 Å². The van der Waals surface area contributed by atoms with E-state index in [0.29, 0.717) is 16.5 Å². The lowest BCUT2D eigenvalue weighted by atomic mass is 10.1. The van der Waals surface area contributed by atoms with Crippen molar-refractivity contribution in [2.24, 2.45) is 0 Å². The number of nitrogens with one attached hydrogen (secondary N) is 1. The van der Waals surface area contributed by atoms with E-state index in [4.69, 9.17) is 16.3 Å². The molecule has 1 aliphatic rings. The maximum Gasteiger partial charge on any atom is 0.228 e. The molecule has 2 aromatic rings. The normalized spacial score (nSPS) is 17.9. The number of rotatable bonds is 1. The van der Waals surface area contributed by atoms with Crippen LogP contribution >= 0.6 is 11.6 Å². The smallest absolute Gasteiger partial charge is 0.228 e. The summed E-state index contributed by atoms with van der Waals surface area (Å²) in [5.74, 6) is 0.637. The van der Waals surface area contributed by atoms with E-state index in [0.717, 1.165) is 5.56 Å². The maximum absolute atomic E-state index is 11.9. The highest BCUT2D eigenvalue weighted by Crippen LogP contribution is 2.34. The van der Waals surface area contributed by atoms with E-state index in [1.807, 2.05) is 36.4 Å². The number of hydrogen-bond acceptors (Lipinski definition) is 2. The van der Waals surface area contributed by atoms with Crippen molar-refractivity contribution in [1.82, 2.24) is 0 Å². The van der Waals surface area contributed by atoms with Crippen molar-refractivity contribution in [3.05, 3.63) is 59.1 Å². The second-order valence-corrected chi connectivity index (χ2v) is 4.84. The summed E-state index contributed by atoms with van der Waals surface area (Å²) in [7, 11) is 0. The van der Waals surface area contributed by atoms with Gasteiger partial charge < -0.3 is 10.1 Å². The first-order chi connectivity index (χ1) is 9.22. The predicted molar refractivity (Wildman–Crippen MR) is 74.5 cm³/mol. The van der Waals surface area contributed by atoms with Crippen LogP contribution in [-0.2, 0) is 4.79 Å². The van der Waals surface area contributed by atoms with Crippen LogP contribution < -0.4 is 10.1 Å². The van der Waals surface area contributed by atoms with Gasteiger partial charge in [-0.1, -0.05) is 35.9 Å². The molecule has 96 valence electrons. The summed E-state index contributed by atoms with van der Waals surface area (Å²) in [6, 6.07) is 14.8. The van der Waals surface area contributed by atoms with Gasteiger partial charge in [-0.05, 0) is 29.8 Å². The zero-order valence-corrected chi connectivity index (χ0v) is 10.9. The molecule has 3 nitrogen and oxygen atoms in total. The molecular formula is C15H12ClNO2. The van der Waals surface area contributed by atoms with E-state index >= 15 is 0 Å². The van der Waals surface area contributed by atoms with Crippen LogP contribution in [0.2, 0.25) is 5.02 Å². The van der Waals surface area contributed by atoms with E-state index in [1.54, 1.807) is 12.1 Å². The number of benzene rings is 2. The van der Waals surface area contributed by atoms with E-state index in [1.165, 1.54) is 0 Å². The minimum atomic E-state index is -0.291. The SMILES string of the molecule is O=C1CC(c2ccc(Cl)cc2)Oc2ccccc2N1. The third kappa shape index (κ3) is 2.56. The van der Waals surface area contributed by atoms with Gasteiger partial charge in [0.2, 0.25) is 5.91 Å². The summed E-state index contributed by atoms with van der Waals surface area (Å²) in [5.41, 5.74) is 1.65. The molecule has 1 aliphatic heterocycles. The summed E-state index contributed by atoms with van der Waals surface area (Å²) in [5, 5.41) is 3.51. The summed E-state index contributed by atoms with van der Waals surface area (Å²) in [4.78, 5) is 11.9. The van der Waals surface area contributed by atoms with Crippen LogP contribution in [0.15, 0.2) is 48.5 Å². The molecule has 2 aromatic carbocycles. The van der Waals surface area contributed by atoms with Gasteiger partial charge >= 0.3 is 0 Å². The topological polar surface area (TPSA) is 38.3 Å². The fourth-order valence-electron chi connectivity index (χ4n) is 2.10. The minimum Gasteiger partial charge on any atom is -0.483 e. The first kappa shape index (κ1) is 12.1. The fourth-order valence-corrected chi connectivity index (χ4v) is 2.23. The summed E-state index contributed by atoms with van der Waals surface area (Å²) >= 11 is 5.87. The molecule has 0 saturated heterocycles. The fraction of sp³-hybridized carbons (Fsp3) is 0.133. The largest absolute Gasteiger partial charge is 0.483 e. The molecule has 4 heteroatoms. The molecule has 0 fully saturated rings. The van der Waals surface area contributed by atoms with Gasteiger partial charge in [-0.2, -0.15) is 0 Å². The zero-order chi connectivity index (χ0) is 13.2. The van der Waals surface area contributed by atoms with Crippen LogP contribution in [-0.4, -0.2) is 5.91 Å². The van der Waals surface area contributed by atoms with Gasteiger partial charge in [0.05, 0.1) is 12.1 Å². The van der Waals surface area contributed by atoms with Gasteiger partial charge in [-0.15, -0.1) is 0 Å². The van der Waals surface area contributed by atoms with Crippen molar-refractivity contribution in [3.63, 3.8) is 0 Å². The molecule has 0 spiro atoms. The molecule has 1 atom stereocenters. The second kappa shape index (κ2) is 4.94. The molecule has 0 saturated carbocycles. The average Bonchev–Trinajstić information content (AvgIpc) is 2.57. The van der Waals surface area contributed by atoms with Crippen LogP contribution in [0.1, 0.15) is 18.1 Å². The first-order valence-corrected chi connectivity index (χ1v) is 6.41. The quantitative estimate of drug-likeness (QED) is 0.858. The number of amides is 1. The van der Waals surface area contributed by atoms with Gasteiger partial charge in [0.25, 0.3) is 0 Å². The van der Waals surface area contributed by atoms with Gasteiger partial charge in [-0.3, -0.25) is 4.79 Å². The highest BCUT2D eigenvalue weighted by molar-refractivity contribution is 6.30. The summed E-state index contributed by atoms with van der Waals surface area (Å²) in [6.07, 6.45) is -0.00281. The van der Waals surface area contributed by atoms with Crippen molar-refractivity contribution in [1.29, 1.82) is 0 Å². The zero-order valence-electron chi connectivity index (χ0n) is 10.1. The Morgan fingerprint density at radius 1 is 1.11 bits per heavy atom.